The third-order valence-electron chi connectivity index (χ3n) is 6.64. The van der Waals surface area contributed by atoms with E-state index < -0.39 is 5.60 Å². The number of aromatic nitrogens is 4. The van der Waals surface area contributed by atoms with Crippen LogP contribution >= 0.6 is 0 Å². The van der Waals surface area contributed by atoms with Crippen LogP contribution in [-0.2, 0) is 4.74 Å². The minimum absolute atomic E-state index is 0.0179. The number of likely N-dealkylation sites (tertiary alicyclic amines) is 2. The van der Waals surface area contributed by atoms with Gasteiger partial charge in [-0.05, 0) is 40.2 Å². The Morgan fingerprint density at radius 2 is 1.97 bits per heavy atom. The van der Waals surface area contributed by atoms with Gasteiger partial charge in [0, 0.05) is 55.2 Å². The van der Waals surface area contributed by atoms with Crippen molar-refractivity contribution >= 4 is 11.6 Å². The quantitative estimate of drug-likeness (QED) is 0.635. The molecule has 10 heteroatoms. The summed E-state index contributed by atoms with van der Waals surface area (Å²) in [7, 11) is 0. The molecule has 2 fully saturated rings. The topological polar surface area (TPSA) is 112 Å². The number of amides is 1. The summed E-state index contributed by atoms with van der Waals surface area (Å²) in [5.41, 5.74) is 2.98. The van der Waals surface area contributed by atoms with Crippen LogP contribution in [0.1, 0.15) is 44.5 Å². The van der Waals surface area contributed by atoms with E-state index in [2.05, 4.69) is 15.1 Å². The molecular formula is C24H29N7O3. The summed E-state index contributed by atoms with van der Waals surface area (Å²) in [5, 5.41) is 28.5. The van der Waals surface area contributed by atoms with Gasteiger partial charge in [0.25, 0.3) is 0 Å². The maximum absolute atomic E-state index is 12.4. The van der Waals surface area contributed by atoms with E-state index in [9.17, 15) is 15.2 Å². The lowest BCUT2D eigenvalue weighted by molar-refractivity contribution is 0.0232. The van der Waals surface area contributed by atoms with Crippen LogP contribution in [0.5, 0.6) is 5.75 Å². The fourth-order valence-corrected chi connectivity index (χ4v) is 4.88. The van der Waals surface area contributed by atoms with Crippen molar-refractivity contribution in [1.29, 1.82) is 5.26 Å². The second kappa shape index (κ2) is 8.02. The number of nitriles is 1. The number of rotatable bonds is 3. The molecule has 0 bridgehead atoms. The molecule has 1 atom stereocenters. The Morgan fingerprint density at radius 1 is 1.21 bits per heavy atom. The molecule has 1 amide bonds. The van der Waals surface area contributed by atoms with Gasteiger partial charge in [0.1, 0.15) is 28.5 Å². The maximum atomic E-state index is 12.4. The van der Waals surface area contributed by atoms with Gasteiger partial charge in [-0.1, -0.05) is 0 Å². The van der Waals surface area contributed by atoms with Gasteiger partial charge in [-0.25, -0.2) is 9.31 Å². The number of pyridine rings is 1. The van der Waals surface area contributed by atoms with Gasteiger partial charge in [-0.3, -0.25) is 9.58 Å². The summed E-state index contributed by atoms with van der Waals surface area (Å²) >= 11 is 0. The van der Waals surface area contributed by atoms with Crippen molar-refractivity contribution in [3.8, 4) is 22.9 Å². The highest BCUT2D eigenvalue weighted by Gasteiger charge is 2.39. The zero-order valence-corrected chi connectivity index (χ0v) is 19.9. The van der Waals surface area contributed by atoms with Crippen LogP contribution < -0.4 is 0 Å². The lowest BCUT2D eigenvalue weighted by Gasteiger charge is -2.43. The zero-order valence-electron chi connectivity index (χ0n) is 19.9. The number of fused-ring (bicyclic) bond motifs is 1. The molecule has 2 aliphatic heterocycles. The molecule has 2 saturated heterocycles. The van der Waals surface area contributed by atoms with Crippen molar-refractivity contribution in [3.63, 3.8) is 0 Å². The Kier molecular flexibility index (Phi) is 5.24. The van der Waals surface area contributed by atoms with Gasteiger partial charge < -0.3 is 14.7 Å². The molecule has 3 aromatic rings. The molecule has 0 radical (unpaired) electrons. The van der Waals surface area contributed by atoms with Crippen LogP contribution in [-0.4, -0.2) is 78.2 Å². The van der Waals surface area contributed by atoms with Gasteiger partial charge in [-0.2, -0.15) is 15.5 Å². The Morgan fingerprint density at radius 3 is 2.68 bits per heavy atom. The molecule has 0 spiro atoms. The molecule has 34 heavy (non-hydrogen) atoms. The normalized spacial score (nSPS) is 19.4. The monoisotopic (exact) mass is 463 g/mol. The van der Waals surface area contributed by atoms with Crippen molar-refractivity contribution in [3.05, 3.63) is 35.9 Å². The van der Waals surface area contributed by atoms with Gasteiger partial charge >= 0.3 is 6.09 Å². The molecule has 0 aromatic carbocycles. The van der Waals surface area contributed by atoms with E-state index in [4.69, 9.17) is 4.74 Å². The average Bonchev–Trinajstić information content (AvgIpc) is 3.45. The minimum Gasteiger partial charge on any atom is -0.506 e. The summed E-state index contributed by atoms with van der Waals surface area (Å²) < 4.78 is 9.08. The molecule has 10 nitrogen and oxygen atoms in total. The largest absolute Gasteiger partial charge is 0.506 e. The highest BCUT2D eigenvalue weighted by atomic mass is 16.6. The Bertz CT molecular complexity index is 1290. The molecule has 1 N–H and O–H groups in total. The number of carbonyl (C=O) groups excluding carboxylic acids is 1. The second-order valence-corrected chi connectivity index (χ2v) is 10.1. The average molecular weight is 464 g/mol. The first-order valence-electron chi connectivity index (χ1n) is 11.5. The van der Waals surface area contributed by atoms with Crippen LogP contribution in [0.4, 0.5) is 4.79 Å². The van der Waals surface area contributed by atoms with E-state index >= 15 is 0 Å². The Labute approximate surface area is 197 Å². The van der Waals surface area contributed by atoms with Crippen LogP contribution in [0.15, 0.2) is 24.7 Å². The van der Waals surface area contributed by atoms with Crippen molar-refractivity contribution in [2.24, 2.45) is 0 Å². The summed E-state index contributed by atoms with van der Waals surface area (Å²) in [6, 6.07) is 4.31. The molecule has 5 heterocycles. The number of hydrogen-bond donors (Lipinski definition) is 1. The molecule has 0 saturated carbocycles. The number of aromatic hydroxyl groups is 1. The van der Waals surface area contributed by atoms with E-state index in [1.165, 1.54) is 10.7 Å². The third-order valence-corrected chi connectivity index (χ3v) is 6.64. The van der Waals surface area contributed by atoms with Crippen molar-refractivity contribution in [1.82, 2.24) is 29.2 Å². The summed E-state index contributed by atoms with van der Waals surface area (Å²) in [6.07, 6.45) is 5.78. The number of ether oxygens (including phenoxy) is 1. The first kappa shape index (κ1) is 22.2. The predicted octanol–water partition coefficient (Wildman–Crippen LogP) is 2.95. The summed E-state index contributed by atoms with van der Waals surface area (Å²) in [5.74, 6) is 0.0179. The predicted molar refractivity (Wildman–Crippen MR) is 124 cm³/mol. The van der Waals surface area contributed by atoms with E-state index in [1.54, 1.807) is 17.2 Å². The van der Waals surface area contributed by atoms with E-state index in [1.807, 2.05) is 44.6 Å². The van der Waals surface area contributed by atoms with E-state index in [0.717, 1.165) is 42.9 Å². The van der Waals surface area contributed by atoms with Gasteiger partial charge in [-0.15, -0.1) is 0 Å². The van der Waals surface area contributed by atoms with Crippen molar-refractivity contribution in [2.75, 3.05) is 26.2 Å². The highest BCUT2D eigenvalue weighted by Crippen LogP contribution is 2.34. The lowest BCUT2D eigenvalue weighted by Crippen LogP contribution is -2.54. The van der Waals surface area contributed by atoms with E-state index in [-0.39, 0.29) is 17.9 Å². The number of hydrogen-bond acceptors (Lipinski definition) is 7. The summed E-state index contributed by atoms with van der Waals surface area (Å²) in [6.45, 7) is 10.9. The van der Waals surface area contributed by atoms with Crippen LogP contribution in [0.25, 0.3) is 16.6 Å². The molecule has 3 aromatic heterocycles. The first-order valence-corrected chi connectivity index (χ1v) is 11.5. The smallest absolute Gasteiger partial charge is 0.410 e. The third kappa shape index (κ3) is 3.86. The minimum atomic E-state index is -0.483. The van der Waals surface area contributed by atoms with Crippen molar-refractivity contribution < 1.29 is 14.6 Å². The fourth-order valence-electron chi connectivity index (χ4n) is 4.88. The van der Waals surface area contributed by atoms with Crippen molar-refractivity contribution in [2.45, 2.75) is 51.8 Å². The second-order valence-electron chi connectivity index (χ2n) is 10.1. The maximum Gasteiger partial charge on any atom is 0.410 e. The van der Waals surface area contributed by atoms with Crippen LogP contribution in [0, 0.1) is 18.3 Å². The highest BCUT2D eigenvalue weighted by molar-refractivity contribution is 5.75. The molecular weight excluding hydrogens is 434 g/mol. The van der Waals surface area contributed by atoms with Crippen LogP contribution in [0.2, 0.25) is 0 Å². The standard InChI is InChI=1S/C24H29N7O3/c1-15-20(16-7-21(32)22-17(8-25)9-26-30(22)11-16)10-27-31(15)19-13-29(14-19)18-5-6-28(12-18)23(33)34-24(2,3)4/h7,9-11,18-19,32H,5-6,12-14H2,1-4H3/t18-/m1/s1. The zero-order chi connectivity index (χ0) is 24.2. The number of carbonyl (C=O) groups is 1. The molecule has 5 rings (SSSR count). The first-order chi connectivity index (χ1) is 16.1. The SMILES string of the molecule is Cc1c(-c2cc(O)c3c(C#N)cnn3c2)cnn1C1CN([C@@H]2CCN(C(=O)OC(C)(C)C)C2)C1. The van der Waals surface area contributed by atoms with E-state index in [0.29, 0.717) is 23.7 Å². The molecule has 2 aliphatic rings. The molecule has 0 aliphatic carbocycles. The summed E-state index contributed by atoms with van der Waals surface area (Å²) in [4.78, 5) is 16.6. The molecule has 0 unspecified atom stereocenters. The molecule has 178 valence electrons. The van der Waals surface area contributed by atoms with Gasteiger partial charge in [0.2, 0.25) is 0 Å². The number of nitrogens with zero attached hydrogens (tertiary/aromatic N) is 7. The van der Waals surface area contributed by atoms with Crippen LogP contribution in [0.3, 0.4) is 0 Å². The Balaban J connectivity index is 1.25. The van der Waals surface area contributed by atoms with Gasteiger partial charge in [0.05, 0.1) is 18.4 Å². The Hall–Kier alpha value is -3.58. The van der Waals surface area contributed by atoms with Gasteiger partial charge in [0.15, 0.2) is 0 Å². The fraction of sp³-hybridized carbons (Fsp3) is 0.500. The lowest BCUT2D eigenvalue weighted by atomic mass is 10.0.